The highest BCUT2D eigenvalue weighted by Gasteiger charge is 2.45. The van der Waals surface area contributed by atoms with E-state index in [1.165, 1.54) is 6.92 Å². The van der Waals surface area contributed by atoms with Crippen LogP contribution < -0.4 is 27.4 Å². The van der Waals surface area contributed by atoms with Crippen LogP contribution in [0.3, 0.4) is 0 Å². The number of nitrogens with one attached hydrogen (secondary N) is 4. The van der Waals surface area contributed by atoms with Crippen molar-refractivity contribution >= 4 is 40.4 Å². The number of rotatable bonds is 9. The maximum absolute atomic E-state index is 13.7. The van der Waals surface area contributed by atoms with Gasteiger partial charge in [0.15, 0.2) is 0 Å². The lowest BCUT2D eigenvalue weighted by atomic mass is 9.78. The molecular weight excluding hydrogens is 452 g/mol. The van der Waals surface area contributed by atoms with Gasteiger partial charge in [0.1, 0.15) is 17.6 Å². The molecule has 1 aromatic heterocycles. The van der Waals surface area contributed by atoms with Crippen LogP contribution in [0.1, 0.15) is 44.9 Å². The van der Waals surface area contributed by atoms with E-state index in [9.17, 15) is 24.0 Å². The zero-order chi connectivity index (χ0) is 25.9. The van der Waals surface area contributed by atoms with Crippen LogP contribution in [0.4, 0.5) is 0 Å². The number of fused-ring (bicyclic) bond motifs is 3. The summed E-state index contributed by atoms with van der Waals surface area (Å²) in [7, 11) is 0. The largest absolute Gasteiger partial charge is 0.370 e. The number of carbonyl (C=O) groups is 5. The quantitative estimate of drug-likeness (QED) is 0.280. The standard InChI is InChI=1S/C24H32N6O5/c1-12(2)20(22(34)28-18(21(26)33)10-19(25)32)29-23(35)24(30-13(3)31)9-8-17-15(11-24)14-6-4-5-7-16(14)27-17/h4-7,12,18,20,27H,8-11H2,1-3H3,(H2,25,32)(H2,26,33)(H,28,34)(H,29,35)(H,30,31)/t18-,20-,24+/m0/s1. The third kappa shape index (κ3) is 5.61. The fraction of sp³-hybridized carbons (Fsp3) is 0.458. The first-order valence-corrected chi connectivity index (χ1v) is 11.5. The lowest BCUT2D eigenvalue weighted by Crippen LogP contribution is -2.65. The molecule has 2 aromatic rings. The number of nitrogens with two attached hydrogens (primary N) is 2. The third-order valence-corrected chi connectivity index (χ3v) is 6.33. The summed E-state index contributed by atoms with van der Waals surface area (Å²) in [5.41, 5.74) is 12.1. The second-order valence-electron chi connectivity index (χ2n) is 9.40. The first-order valence-electron chi connectivity index (χ1n) is 11.5. The highest BCUT2D eigenvalue weighted by atomic mass is 16.2. The maximum Gasteiger partial charge on any atom is 0.246 e. The van der Waals surface area contributed by atoms with Crippen molar-refractivity contribution in [3.63, 3.8) is 0 Å². The molecule has 3 rings (SSSR count). The average Bonchev–Trinajstić information content (AvgIpc) is 3.13. The van der Waals surface area contributed by atoms with Crippen LogP contribution in [0.15, 0.2) is 24.3 Å². The van der Waals surface area contributed by atoms with Gasteiger partial charge in [-0.2, -0.15) is 0 Å². The Morgan fingerprint density at radius 1 is 1.09 bits per heavy atom. The summed E-state index contributed by atoms with van der Waals surface area (Å²) in [5.74, 6) is -3.66. The van der Waals surface area contributed by atoms with E-state index in [1.54, 1.807) is 13.8 Å². The Labute approximate surface area is 202 Å². The number of aromatic amines is 1. The molecule has 188 valence electrons. The van der Waals surface area contributed by atoms with Crippen LogP contribution in [0.25, 0.3) is 10.9 Å². The number of carbonyl (C=O) groups excluding carboxylic acids is 5. The van der Waals surface area contributed by atoms with Crippen LogP contribution in [-0.2, 0) is 36.8 Å². The summed E-state index contributed by atoms with van der Waals surface area (Å²) in [5, 5.41) is 8.96. The highest BCUT2D eigenvalue weighted by Crippen LogP contribution is 2.34. The Balaban J connectivity index is 1.87. The van der Waals surface area contributed by atoms with Gasteiger partial charge >= 0.3 is 0 Å². The second kappa shape index (κ2) is 10.2. The molecular formula is C24H32N6O5. The lowest BCUT2D eigenvalue weighted by Gasteiger charge is -2.38. The predicted octanol–water partition coefficient (Wildman–Crippen LogP) is -0.482. The molecule has 35 heavy (non-hydrogen) atoms. The minimum atomic E-state index is -1.30. The molecule has 1 heterocycles. The summed E-state index contributed by atoms with van der Waals surface area (Å²) < 4.78 is 0. The summed E-state index contributed by atoms with van der Waals surface area (Å²) in [6.45, 7) is 4.79. The topological polar surface area (TPSA) is 189 Å². The van der Waals surface area contributed by atoms with E-state index in [0.717, 1.165) is 22.2 Å². The Morgan fingerprint density at radius 2 is 1.77 bits per heavy atom. The average molecular weight is 485 g/mol. The van der Waals surface area contributed by atoms with E-state index in [0.29, 0.717) is 12.8 Å². The molecule has 0 aliphatic heterocycles. The number of primary amides is 2. The number of aromatic nitrogens is 1. The molecule has 8 N–H and O–H groups in total. The predicted molar refractivity (Wildman–Crippen MR) is 129 cm³/mol. The van der Waals surface area contributed by atoms with Gasteiger partial charge in [-0.3, -0.25) is 24.0 Å². The second-order valence-corrected chi connectivity index (χ2v) is 9.40. The summed E-state index contributed by atoms with van der Waals surface area (Å²) in [4.78, 5) is 65.1. The lowest BCUT2D eigenvalue weighted by molar-refractivity contribution is -0.137. The fourth-order valence-electron chi connectivity index (χ4n) is 4.59. The van der Waals surface area contributed by atoms with Crippen molar-refractivity contribution in [2.24, 2.45) is 17.4 Å². The van der Waals surface area contributed by atoms with Gasteiger partial charge in [-0.25, -0.2) is 0 Å². The summed E-state index contributed by atoms with van der Waals surface area (Å²) in [6.07, 6.45) is 0.643. The Bertz CT molecular complexity index is 1170. The van der Waals surface area contributed by atoms with Crippen molar-refractivity contribution in [3.8, 4) is 0 Å². The van der Waals surface area contributed by atoms with Crippen molar-refractivity contribution in [1.29, 1.82) is 0 Å². The van der Waals surface area contributed by atoms with Crippen molar-refractivity contribution < 1.29 is 24.0 Å². The molecule has 0 unspecified atom stereocenters. The van der Waals surface area contributed by atoms with E-state index in [2.05, 4.69) is 20.9 Å². The molecule has 0 spiro atoms. The molecule has 0 saturated carbocycles. The number of aryl methyl sites for hydroxylation is 1. The molecule has 0 saturated heterocycles. The Hall–Kier alpha value is -3.89. The van der Waals surface area contributed by atoms with Crippen LogP contribution in [0.5, 0.6) is 0 Å². The van der Waals surface area contributed by atoms with Gasteiger partial charge in [-0.05, 0) is 30.4 Å². The molecule has 11 heteroatoms. The third-order valence-electron chi connectivity index (χ3n) is 6.33. The van der Waals surface area contributed by atoms with Gasteiger partial charge in [0, 0.05) is 29.9 Å². The minimum absolute atomic E-state index is 0.246. The molecule has 0 bridgehead atoms. The van der Waals surface area contributed by atoms with Gasteiger partial charge in [0.2, 0.25) is 29.5 Å². The maximum atomic E-state index is 13.7. The normalized spacial score (nSPS) is 18.9. The van der Waals surface area contributed by atoms with Crippen LogP contribution in [0.2, 0.25) is 0 Å². The number of hydrogen-bond acceptors (Lipinski definition) is 5. The molecule has 0 fully saturated rings. The minimum Gasteiger partial charge on any atom is -0.370 e. The van der Waals surface area contributed by atoms with E-state index < -0.39 is 47.7 Å². The molecule has 11 nitrogen and oxygen atoms in total. The van der Waals surface area contributed by atoms with E-state index >= 15 is 0 Å². The smallest absolute Gasteiger partial charge is 0.246 e. The van der Waals surface area contributed by atoms with Crippen LogP contribution in [0, 0.1) is 5.92 Å². The fourth-order valence-corrected chi connectivity index (χ4v) is 4.59. The van der Waals surface area contributed by atoms with E-state index in [1.807, 2.05) is 24.3 Å². The summed E-state index contributed by atoms with van der Waals surface area (Å²) in [6, 6.07) is 5.39. The molecule has 5 amide bonds. The highest BCUT2D eigenvalue weighted by molar-refractivity contribution is 5.98. The van der Waals surface area contributed by atoms with Gasteiger partial charge < -0.3 is 32.4 Å². The van der Waals surface area contributed by atoms with Gasteiger partial charge in [-0.1, -0.05) is 32.0 Å². The number of H-pyrrole nitrogens is 1. The zero-order valence-electron chi connectivity index (χ0n) is 20.1. The van der Waals surface area contributed by atoms with Crippen molar-refractivity contribution in [2.75, 3.05) is 0 Å². The van der Waals surface area contributed by atoms with Crippen molar-refractivity contribution in [2.45, 2.75) is 64.1 Å². The zero-order valence-corrected chi connectivity index (χ0v) is 20.1. The number of benzene rings is 1. The van der Waals surface area contributed by atoms with Crippen LogP contribution in [-0.4, -0.2) is 52.1 Å². The Morgan fingerprint density at radius 3 is 2.37 bits per heavy atom. The van der Waals surface area contributed by atoms with Gasteiger partial charge in [-0.15, -0.1) is 0 Å². The SMILES string of the molecule is CC(=O)N[C@]1(C(=O)N[C@H](C(=O)N[C@@H](CC(N)=O)C(N)=O)C(C)C)CCc2[nH]c3ccccc3c2C1. The molecule has 3 atom stereocenters. The van der Waals surface area contributed by atoms with Crippen molar-refractivity contribution in [3.05, 3.63) is 35.5 Å². The van der Waals surface area contributed by atoms with E-state index in [-0.39, 0.29) is 18.2 Å². The van der Waals surface area contributed by atoms with E-state index in [4.69, 9.17) is 11.5 Å². The first-order chi connectivity index (χ1) is 16.4. The van der Waals surface area contributed by atoms with Crippen molar-refractivity contribution in [1.82, 2.24) is 20.9 Å². The van der Waals surface area contributed by atoms with Gasteiger partial charge in [0.25, 0.3) is 0 Å². The molecule has 1 aliphatic rings. The monoisotopic (exact) mass is 484 g/mol. The first kappa shape index (κ1) is 25.7. The van der Waals surface area contributed by atoms with Crippen LogP contribution >= 0.6 is 0 Å². The molecule has 0 radical (unpaired) electrons. The number of amides is 5. The molecule has 1 aromatic carbocycles. The number of hydrogen-bond donors (Lipinski definition) is 6. The number of para-hydroxylation sites is 1. The summed E-state index contributed by atoms with van der Waals surface area (Å²) >= 11 is 0. The molecule has 1 aliphatic carbocycles. The Kier molecular flexibility index (Phi) is 7.47. The van der Waals surface area contributed by atoms with Gasteiger partial charge in [0.05, 0.1) is 6.42 Å².